The Labute approximate surface area is 98.2 Å². The molecule has 0 saturated heterocycles. The molecular weight excluding hydrogens is 200 g/mol. The molecule has 3 nitrogen and oxygen atoms in total. The maximum Gasteiger partial charge on any atom is 0.237 e. The molecule has 3 heteroatoms. The van der Waals surface area contributed by atoms with Crippen molar-refractivity contribution in [3.8, 4) is 5.88 Å². The molecule has 0 radical (unpaired) electrons. The highest BCUT2D eigenvalue weighted by atomic mass is 16.5. The van der Waals surface area contributed by atoms with Crippen molar-refractivity contribution in [2.45, 2.75) is 40.2 Å². The third-order valence-electron chi connectivity index (χ3n) is 2.16. The van der Waals surface area contributed by atoms with E-state index in [2.05, 4.69) is 24.1 Å². The van der Waals surface area contributed by atoms with Crippen molar-refractivity contribution < 1.29 is 4.74 Å². The lowest BCUT2D eigenvalue weighted by atomic mass is 10.1. The summed E-state index contributed by atoms with van der Waals surface area (Å²) in [4.78, 5) is 4.23. The van der Waals surface area contributed by atoms with E-state index in [-0.39, 0.29) is 6.10 Å². The topological polar surface area (TPSA) is 34.2 Å². The number of aromatic nitrogens is 1. The Kier molecular flexibility index (Phi) is 5.09. The van der Waals surface area contributed by atoms with Crippen LogP contribution in [0.4, 0.5) is 5.69 Å². The van der Waals surface area contributed by atoms with E-state index < -0.39 is 0 Å². The minimum atomic E-state index is 0.153. The minimum Gasteiger partial charge on any atom is -0.473 e. The first-order chi connectivity index (χ1) is 7.59. The van der Waals surface area contributed by atoms with Crippen LogP contribution in [0.2, 0.25) is 0 Å². The summed E-state index contributed by atoms with van der Waals surface area (Å²) in [5.74, 6) is 1.40. The van der Waals surface area contributed by atoms with Gasteiger partial charge in [-0.3, -0.25) is 0 Å². The van der Waals surface area contributed by atoms with Crippen LogP contribution in [0.15, 0.2) is 18.3 Å². The molecule has 0 unspecified atom stereocenters. The van der Waals surface area contributed by atoms with Gasteiger partial charge in [0.25, 0.3) is 0 Å². The fourth-order valence-corrected chi connectivity index (χ4v) is 1.34. The van der Waals surface area contributed by atoms with E-state index in [0.717, 1.165) is 18.7 Å². The Balaban J connectivity index is 2.56. The lowest BCUT2D eigenvalue weighted by Gasteiger charge is -2.14. The summed E-state index contributed by atoms with van der Waals surface area (Å²) in [7, 11) is 0. The minimum absolute atomic E-state index is 0.153. The standard InChI is InChI=1S/C13H22N2O/c1-10(2)7-9-14-12-6-5-8-15-13(12)16-11(3)4/h5-6,8,10-11,14H,7,9H2,1-4H3. The molecule has 1 heterocycles. The highest BCUT2D eigenvalue weighted by Crippen LogP contribution is 2.21. The maximum atomic E-state index is 5.63. The van der Waals surface area contributed by atoms with Crippen LogP contribution in [0.5, 0.6) is 5.88 Å². The predicted molar refractivity (Wildman–Crippen MR) is 67.9 cm³/mol. The fraction of sp³-hybridized carbons (Fsp3) is 0.615. The Morgan fingerprint density at radius 1 is 1.31 bits per heavy atom. The van der Waals surface area contributed by atoms with Crippen molar-refractivity contribution in [1.82, 2.24) is 4.98 Å². The third-order valence-corrected chi connectivity index (χ3v) is 2.16. The van der Waals surface area contributed by atoms with Gasteiger partial charge in [-0.15, -0.1) is 0 Å². The van der Waals surface area contributed by atoms with Crippen LogP contribution in [0.1, 0.15) is 34.1 Å². The van der Waals surface area contributed by atoms with E-state index in [1.807, 2.05) is 26.0 Å². The van der Waals surface area contributed by atoms with Crippen molar-refractivity contribution in [2.24, 2.45) is 5.92 Å². The first-order valence-corrected chi connectivity index (χ1v) is 5.95. The van der Waals surface area contributed by atoms with E-state index >= 15 is 0 Å². The molecule has 16 heavy (non-hydrogen) atoms. The van der Waals surface area contributed by atoms with E-state index in [0.29, 0.717) is 11.8 Å². The second-order valence-electron chi connectivity index (χ2n) is 4.63. The zero-order chi connectivity index (χ0) is 12.0. The van der Waals surface area contributed by atoms with Crippen LogP contribution >= 0.6 is 0 Å². The van der Waals surface area contributed by atoms with Crippen molar-refractivity contribution in [3.05, 3.63) is 18.3 Å². The summed E-state index contributed by atoms with van der Waals surface area (Å²) < 4.78 is 5.63. The Bertz CT molecular complexity index is 311. The average molecular weight is 222 g/mol. The Hall–Kier alpha value is -1.25. The number of hydrogen-bond donors (Lipinski definition) is 1. The number of ether oxygens (including phenoxy) is 1. The maximum absolute atomic E-state index is 5.63. The van der Waals surface area contributed by atoms with Gasteiger partial charge in [0.1, 0.15) is 0 Å². The van der Waals surface area contributed by atoms with Gasteiger partial charge in [0.05, 0.1) is 11.8 Å². The molecule has 0 aliphatic heterocycles. The summed E-state index contributed by atoms with van der Waals surface area (Å²) in [6, 6.07) is 3.93. The second-order valence-corrected chi connectivity index (χ2v) is 4.63. The van der Waals surface area contributed by atoms with Gasteiger partial charge in [-0.05, 0) is 38.3 Å². The number of hydrogen-bond acceptors (Lipinski definition) is 3. The van der Waals surface area contributed by atoms with Crippen molar-refractivity contribution in [3.63, 3.8) is 0 Å². The lowest BCUT2D eigenvalue weighted by Crippen LogP contribution is -2.11. The predicted octanol–water partition coefficient (Wildman–Crippen LogP) is 3.33. The first kappa shape index (κ1) is 12.8. The molecular formula is C13H22N2O. The van der Waals surface area contributed by atoms with Gasteiger partial charge < -0.3 is 10.1 Å². The van der Waals surface area contributed by atoms with Crippen LogP contribution in [-0.2, 0) is 0 Å². The van der Waals surface area contributed by atoms with Gasteiger partial charge in [0.15, 0.2) is 0 Å². The van der Waals surface area contributed by atoms with Gasteiger partial charge in [-0.2, -0.15) is 0 Å². The van der Waals surface area contributed by atoms with Gasteiger partial charge in [0.2, 0.25) is 5.88 Å². The van der Waals surface area contributed by atoms with Crippen LogP contribution in [0, 0.1) is 5.92 Å². The summed E-state index contributed by atoms with van der Waals surface area (Å²) in [5.41, 5.74) is 0.983. The molecule has 0 amide bonds. The molecule has 1 aromatic rings. The van der Waals surface area contributed by atoms with Crippen LogP contribution in [0.3, 0.4) is 0 Å². The van der Waals surface area contributed by atoms with E-state index in [9.17, 15) is 0 Å². The monoisotopic (exact) mass is 222 g/mol. The molecule has 0 bridgehead atoms. The van der Waals surface area contributed by atoms with Crippen molar-refractivity contribution >= 4 is 5.69 Å². The molecule has 0 aliphatic carbocycles. The molecule has 0 aliphatic rings. The summed E-state index contributed by atoms with van der Waals surface area (Å²) in [5, 5.41) is 3.36. The molecule has 0 spiro atoms. The first-order valence-electron chi connectivity index (χ1n) is 5.95. The quantitative estimate of drug-likeness (QED) is 0.801. The van der Waals surface area contributed by atoms with Crippen LogP contribution < -0.4 is 10.1 Å². The lowest BCUT2D eigenvalue weighted by molar-refractivity contribution is 0.234. The molecule has 1 rings (SSSR count). The molecule has 0 aromatic carbocycles. The normalized spacial score (nSPS) is 10.9. The van der Waals surface area contributed by atoms with Gasteiger partial charge in [0, 0.05) is 12.7 Å². The Morgan fingerprint density at radius 3 is 2.69 bits per heavy atom. The number of nitrogens with zero attached hydrogens (tertiary/aromatic N) is 1. The third kappa shape index (κ3) is 4.51. The van der Waals surface area contributed by atoms with Gasteiger partial charge in [-0.1, -0.05) is 13.8 Å². The number of rotatable bonds is 6. The van der Waals surface area contributed by atoms with E-state index in [1.165, 1.54) is 0 Å². The number of nitrogens with one attached hydrogen (secondary N) is 1. The highest BCUT2D eigenvalue weighted by Gasteiger charge is 2.05. The molecule has 0 saturated carbocycles. The molecule has 0 fully saturated rings. The van der Waals surface area contributed by atoms with Crippen LogP contribution in [-0.4, -0.2) is 17.6 Å². The molecule has 90 valence electrons. The highest BCUT2D eigenvalue weighted by molar-refractivity contribution is 5.51. The molecule has 1 N–H and O–H groups in total. The summed E-state index contributed by atoms with van der Waals surface area (Å²) in [6.45, 7) is 9.41. The summed E-state index contributed by atoms with van der Waals surface area (Å²) >= 11 is 0. The SMILES string of the molecule is CC(C)CCNc1cccnc1OC(C)C. The smallest absolute Gasteiger partial charge is 0.237 e. The zero-order valence-electron chi connectivity index (χ0n) is 10.7. The van der Waals surface area contributed by atoms with E-state index in [4.69, 9.17) is 4.74 Å². The van der Waals surface area contributed by atoms with Gasteiger partial charge >= 0.3 is 0 Å². The number of pyridine rings is 1. The number of anilines is 1. The second kappa shape index (κ2) is 6.36. The van der Waals surface area contributed by atoms with Crippen molar-refractivity contribution in [2.75, 3.05) is 11.9 Å². The largest absolute Gasteiger partial charge is 0.473 e. The molecule has 1 aromatic heterocycles. The average Bonchev–Trinajstić information content (AvgIpc) is 2.19. The molecule has 0 atom stereocenters. The van der Waals surface area contributed by atoms with Gasteiger partial charge in [-0.25, -0.2) is 4.98 Å². The van der Waals surface area contributed by atoms with Crippen LogP contribution in [0.25, 0.3) is 0 Å². The summed E-state index contributed by atoms with van der Waals surface area (Å²) in [6.07, 6.45) is 3.06. The fourth-order valence-electron chi connectivity index (χ4n) is 1.34. The Morgan fingerprint density at radius 2 is 2.06 bits per heavy atom. The zero-order valence-corrected chi connectivity index (χ0v) is 10.7. The van der Waals surface area contributed by atoms with Crippen molar-refractivity contribution in [1.29, 1.82) is 0 Å². The van der Waals surface area contributed by atoms with E-state index in [1.54, 1.807) is 6.20 Å².